The van der Waals surface area contributed by atoms with E-state index in [0.29, 0.717) is 24.0 Å². The molecule has 164 valence electrons. The minimum Gasteiger partial charge on any atom is -0.494 e. The Kier molecular flexibility index (Phi) is 9.10. The maximum absolute atomic E-state index is 12.5. The average molecular weight is 455 g/mol. The summed E-state index contributed by atoms with van der Waals surface area (Å²) in [5, 5.41) is 2.80. The molecule has 9 heteroatoms. The summed E-state index contributed by atoms with van der Waals surface area (Å²) >= 11 is 6.02. The van der Waals surface area contributed by atoms with E-state index < -0.39 is 10.0 Å². The van der Waals surface area contributed by atoms with Gasteiger partial charge in [0.2, 0.25) is 0 Å². The van der Waals surface area contributed by atoms with Gasteiger partial charge >= 0.3 is 0 Å². The van der Waals surface area contributed by atoms with Crippen molar-refractivity contribution >= 4 is 27.5 Å². The number of unbranched alkanes of at least 4 members (excludes halogenated alkanes) is 1. The Labute approximate surface area is 182 Å². The molecule has 30 heavy (non-hydrogen) atoms. The topological polar surface area (TPSA) is 84.9 Å². The highest BCUT2D eigenvalue weighted by Gasteiger charge is 2.25. The quantitative estimate of drug-likeness (QED) is 0.413. The van der Waals surface area contributed by atoms with Crippen molar-refractivity contribution in [3.05, 3.63) is 58.6 Å². The Morgan fingerprint density at radius 1 is 1.17 bits per heavy atom. The summed E-state index contributed by atoms with van der Waals surface area (Å²) in [7, 11) is -1.49. The van der Waals surface area contributed by atoms with Gasteiger partial charge in [0.05, 0.1) is 18.7 Å². The maximum Gasteiger partial charge on any atom is 0.266 e. The lowest BCUT2D eigenvalue weighted by atomic mass is 10.1. The highest BCUT2D eigenvalue weighted by molar-refractivity contribution is 7.89. The minimum absolute atomic E-state index is 0.0108. The first-order valence-corrected chi connectivity index (χ1v) is 11.4. The lowest BCUT2D eigenvalue weighted by Gasteiger charge is -2.16. The fourth-order valence-corrected chi connectivity index (χ4v) is 4.06. The summed E-state index contributed by atoms with van der Waals surface area (Å²) in [5.74, 6) is 0.440. The molecule has 1 N–H and O–H groups in total. The van der Waals surface area contributed by atoms with Crippen LogP contribution in [-0.2, 0) is 21.3 Å². The van der Waals surface area contributed by atoms with E-state index in [1.807, 2.05) is 24.3 Å². The van der Waals surface area contributed by atoms with Crippen LogP contribution in [0.15, 0.2) is 47.4 Å². The van der Waals surface area contributed by atoms with Crippen LogP contribution in [0.25, 0.3) is 0 Å². The first-order valence-electron chi connectivity index (χ1n) is 9.62. The van der Waals surface area contributed by atoms with Crippen molar-refractivity contribution in [3.63, 3.8) is 0 Å². The van der Waals surface area contributed by atoms with Crippen LogP contribution >= 0.6 is 11.6 Å². The highest BCUT2D eigenvalue weighted by Crippen LogP contribution is 2.25. The predicted octanol–water partition coefficient (Wildman–Crippen LogP) is 3.67. The number of nitrogens with zero attached hydrogens (tertiary/aromatic N) is 1. The summed E-state index contributed by atoms with van der Waals surface area (Å²) in [6.45, 7) is 3.21. The van der Waals surface area contributed by atoms with Gasteiger partial charge in [0.25, 0.3) is 15.9 Å². The number of hydrogen-bond donors (Lipinski definition) is 1. The van der Waals surface area contributed by atoms with E-state index in [0.717, 1.165) is 24.2 Å². The molecule has 0 aliphatic carbocycles. The molecular formula is C21H27ClN2O5S. The summed E-state index contributed by atoms with van der Waals surface area (Å²) < 4.78 is 31.2. The molecule has 0 aliphatic rings. The Balaban J connectivity index is 1.96. The fourth-order valence-electron chi connectivity index (χ4n) is 2.59. The van der Waals surface area contributed by atoms with Crippen molar-refractivity contribution in [1.29, 1.82) is 0 Å². The van der Waals surface area contributed by atoms with Crippen LogP contribution in [-0.4, -0.2) is 46.1 Å². The molecule has 2 aromatic carbocycles. The van der Waals surface area contributed by atoms with E-state index >= 15 is 0 Å². The van der Waals surface area contributed by atoms with Crippen LogP contribution < -0.4 is 10.1 Å². The molecule has 0 aromatic heterocycles. The van der Waals surface area contributed by atoms with Gasteiger partial charge in [-0.15, -0.1) is 0 Å². The van der Waals surface area contributed by atoms with E-state index in [-0.39, 0.29) is 21.4 Å². The molecule has 0 atom stereocenters. The zero-order chi connectivity index (χ0) is 22.1. The first kappa shape index (κ1) is 24.1. The molecule has 0 saturated carbocycles. The van der Waals surface area contributed by atoms with Gasteiger partial charge in [-0.3, -0.25) is 9.63 Å². The highest BCUT2D eigenvalue weighted by atomic mass is 35.5. The van der Waals surface area contributed by atoms with Crippen LogP contribution in [0.4, 0.5) is 0 Å². The number of rotatable bonds is 11. The van der Waals surface area contributed by atoms with Crippen molar-refractivity contribution < 1.29 is 22.8 Å². The Bertz CT molecular complexity index is 948. The smallest absolute Gasteiger partial charge is 0.266 e. The largest absolute Gasteiger partial charge is 0.494 e. The van der Waals surface area contributed by atoms with Crippen molar-refractivity contribution in [1.82, 2.24) is 9.79 Å². The van der Waals surface area contributed by atoms with Crippen LogP contribution in [0.5, 0.6) is 5.75 Å². The van der Waals surface area contributed by atoms with Crippen LogP contribution in [0.2, 0.25) is 5.02 Å². The van der Waals surface area contributed by atoms with Crippen molar-refractivity contribution in [2.75, 3.05) is 27.3 Å². The van der Waals surface area contributed by atoms with E-state index in [1.165, 1.54) is 32.4 Å². The third-order valence-corrected chi connectivity index (χ3v) is 6.62. The second-order valence-electron chi connectivity index (χ2n) is 6.59. The number of carbonyl (C=O) groups excluding carboxylic acids is 1. The molecule has 0 radical (unpaired) electrons. The predicted molar refractivity (Wildman–Crippen MR) is 116 cm³/mol. The zero-order valence-electron chi connectivity index (χ0n) is 17.4. The number of benzene rings is 2. The number of carbonyl (C=O) groups is 1. The number of halogens is 1. The monoisotopic (exact) mass is 454 g/mol. The van der Waals surface area contributed by atoms with Gasteiger partial charge in [-0.1, -0.05) is 41.5 Å². The van der Waals surface area contributed by atoms with Crippen molar-refractivity contribution in [2.24, 2.45) is 0 Å². The van der Waals surface area contributed by atoms with E-state index in [2.05, 4.69) is 12.2 Å². The molecule has 0 spiro atoms. The molecule has 1 amide bonds. The molecule has 0 aliphatic heterocycles. The third kappa shape index (κ3) is 6.43. The second kappa shape index (κ2) is 11.3. The first-order chi connectivity index (χ1) is 14.3. The van der Waals surface area contributed by atoms with Gasteiger partial charge in [-0.05, 0) is 48.7 Å². The molecule has 0 heterocycles. The molecule has 2 aromatic rings. The number of hydroxylamine groups is 1. The maximum atomic E-state index is 12.5. The molecule has 2 rings (SSSR count). The van der Waals surface area contributed by atoms with Gasteiger partial charge < -0.3 is 10.1 Å². The molecule has 0 saturated heterocycles. The van der Waals surface area contributed by atoms with Crippen molar-refractivity contribution in [3.8, 4) is 5.75 Å². The summed E-state index contributed by atoms with van der Waals surface area (Å²) in [5.41, 5.74) is 1.25. The Morgan fingerprint density at radius 3 is 2.50 bits per heavy atom. The molecule has 0 unspecified atom stereocenters. The molecular weight excluding hydrogens is 428 g/mol. The van der Waals surface area contributed by atoms with Gasteiger partial charge in [0.15, 0.2) is 0 Å². The summed E-state index contributed by atoms with van der Waals surface area (Å²) in [4.78, 5) is 17.0. The SMILES string of the molecule is CCCCOc1ccc(CCNC(=O)c2ccc(Cl)c(S(=O)(=O)N(C)OC)c2)cc1. The van der Waals surface area contributed by atoms with Gasteiger partial charge in [0.1, 0.15) is 10.6 Å². The van der Waals surface area contributed by atoms with Gasteiger partial charge in [-0.25, -0.2) is 8.42 Å². The fraction of sp³-hybridized carbons (Fsp3) is 0.381. The second-order valence-corrected chi connectivity index (χ2v) is 8.91. The number of hydrogen-bond acceptors (Lipinski definition) is 5. The van der Waals surface area contributed by atoms with Crippen LogP contribution in [0.1, 0.15) is 35.7 Å². The van der Waals surface area contributed by atoms with Crippen LogP contribution in [0.3, 0.4) is 0 Å². The third-order valence-electron chi connectivity index (χ3n) is 4.46. The zero-order valence-corrected chi connectivity index (χ0v) is 18.9. The van der Waals surface area contributed by atoms with E-state index in [4.69, 9.17) is 21.2 Å². The Hall–Kier alpha value is -2.13. The van der Waals surface area contributed by atoms with Crippen molar-refractivity contribution in [2.45, 2.75) is 31.1 Å². The van der Waals surface area contributed by atoms with Gasteiger partial charge in [0, 0.05) is 19.2 Å². The minimum atomic E-state index is -3.96. The average Bonchev–Trinajstić information content (AvgIpc) is 2.74. The standard InChI is InChI=1S/C21H27ClN2O5S/c1-4-5-14-29-18-9-6-16(7-10-18)12-13-23-21(25)17-8-11-19(22)20(15-17)30(26,27)24(2)28-3/h6-11,15H,4-5,12-14H2,1-3H3,(H,23,25). The van der Waals surface area contributed by atoms with E-state index in [1.54, 1.807) is 0 Å². The van der Waals surface area contributed by atoms with Crippen LogP contribution in [0, 0.1) is 0 Å². The Morgan fingerprint density at radius 2 is 1.87 bits per heavy atom. The summed E-state index contributed by atoms with van der Waals surface area (Å²) in [6.07, 6.45) is 2.73. The molecule has 0 bridgehead atoms. The lowest BCUT2D eigenvalue weighted by molar-refractivity contribution is -0.0258. The molecule has 0 fully saturated rings. The lowest BCUT2D eigenvalue weighted by Crippen LogP contribution is -2.28. The van der Waals surface area contributed by atoms with Gasteiger partial charge in [-0.2, -0.15) is 0 Å². The number of amides is 1. The van der Waals surface area contributed by atoms with E-state index in [9.17, 15) is 13.2 Å². The summed E-state index contributed by atoms with van der Waals surface area (Å²) in [6, 6.07) is 11.8. The number of ether oxygens (including phenoxy) is 1. The number of nitrogens with one attached hydrogen (secondary N) is 1. The number of sulfonamides is 1. The molecule has 7 nitrogen and oxygen atoms in total. The normalized spacial score (nSPS) is 11.5.